The molecule has 20 heavy (non-hydrogen) atoms. The summed E-state index contributed by atoms with van der Waals surface area (Å²) < 4.78 is 5.83. The average Bonchev–Trinajstić information content (AvgIpc) is 2.68. The molecule has 1 N–H and O–H groups in total. The Hall–Kier alpha value is -1.04. The van der Waals surface area contributed by atoms with Crippen LogP contribution in [0.25, 0.3) is 0 Å². The third-order valence-corrected chi connectivity index (χ3v) is 4.36. The van der Waals surface area contributed by atoms with Crippen LogP contribution in [-0.4, -0.2) is 48.7 Å². The van der Waals surface area contributed by atoms with Gasteiger partial charge in [-0.25, -0.2) is 9.97 Å². The lowest BCUT2D eigenvalue weighted by molar-refractivity contribution is -0.0256. The minimum absolute atomic E-state index is 0.0235. The maximum absolute atomic E-state index is 5.83. The Balaban J connectivity index is 1.86. The van der Waals surface area contributed by atoms with Crippen molar-refractivity contribution < 1.29 is 4.74 Å². The second kappa shape index (κ2) is 6.16. The standard InChI is InChI=1S/C15H24N4O/c1-16-12-5-3-4-6-13-11(12)9-17-15(18-13)14-10-19(2)7-8-20-14/h9,12,14,16H,3-8,10H2,1-2H3. The highest BCUT2D eigenvalue weighted by Gasteiger charge is 2.25. The van der Waals surface area contributed by atoms with E-state index in [-0.39, 0.29) is 6.10 Å². The zero-order chi connectivity index (χ0) is 13.9. The fourth-order valence-corrected chi connectivity index (χ4v) is 3.12. The van der Waals surface area contributed by atoms with Gasteiger partial charge in [0.15, 0.2) is 5.82 Å². The minimum atomic E-state index is 0.0235. The van der Waals surface area contributed by atoms with Crippen molar-refractivity contribution in [1.82, 2.24) is 20.2 Å². The molecule has 1 aromatic heterocycles. The number of hydrogen-bond donors (Lipinski definition) is 1. The van der Waals surface area contributed by atoms with Crippen LogP contribution in [0, 0.1) is 0 Å². The largest absolute Gasteiger partial charge is 0.368 e. The van der Waals surface area contributed by atoms with Crippen molar-refractivity contribution in [3.05, 3.63) is 23.3 Å². The number of fused-ring (bicyclic) bond motifs is 1. The highest BCUT2D eigenvalue weighted by Crippen LogP contribution is 2.28. The maximum Gasteiger partial charge on any atom is 0.158 e. The first-order chi connectivity index (χ1) is 9.78. The van der Waals surface area contributed by atoms with Crippen LogP contribution in [0.4, 0.5) is 0 Å². The van der Waals surface area contributed by atoms with Gasteiger partial charge in [-0.15, -0.1) is 0 Å². The monoisotopic (exact) mass is 276 g/mol. The highest BCUT2D eigenvalue weighted by molar-refractivity contribution is 5.24. The summed E-state index contributed by atoms with van der Waals surface area (Å²) in [6.45, 7) is 2.64. The van der Waals surface area contributed by atoms with Crippen molar-refractivity contribution >= 4 is 0 Å². The molecule has 2 unspecified atom stereocenters. The number of hydrogen-bond acceptors (Lipinski definition) is 5. The molecule has 1 fully saturated rings. The van der Waals surface area contributed by atoms with E-state index in [9.17, 15) is 0 Å². The Morgan fingerprint density at radius 1 is 1.40 bits per heavy atom. The van der Waals surface area contributed by atoms with Gasteiger partial charge in [-0.1, -0.05) is 6.42 Å². The van der Waals surface area contributed by atoms with Crippen LogP contribution in [0.15, 0.2) is 6.20 Å². The van der Waals surface area contributed by atoms with Gasteiger partial charge < -0.3 is 15.0 Å². The summed E-state index contributed by atoms with van der Waals surface area (Å²) in [5.41, 5.74) is 2.49. The molecule has 1 aromatic rings. The average molecular weight is 276 g/mol. The Bertz CT molecular complexity index is 465. The van der Waals surface area contributed by atoms with Crippen LogP contribution in [0.5, 0.6) is 0 Å². The van der Waals surface area contributed by atoms with Gasteiger partial charge in [-0.3, -0.25) is 0 Å². The van der Waals surface area contributed by atoms with Crippen molar-refractivity contribution in [2.75, 3.05) is 33.8 Å². The predicted octanol–water partition coefficient (Wildman–Crippen LogP) is 1.47. The molecular weight excluding hydrogens is 252 g/mol. The van der Waals surface area contributed by atoms with Gasteiger partial charge in [-0.05, 0) is 33.4 Å². The lowest BCUT2D eigenvalue weighted by Gasteiger charge is -2.29. The predicted molar refractivity (Wildman–Crippen MR) is 77.6 cm³/mol. The molecule has 1 aliphatic heterocycles. The number of morpholine rings is 1. The van der Waals surface area contributed by atoms with E-state index in [2.05, 4.69) is 22.2 Å². The molecule has 2 heterocycles. The third kappa shape index (κ3) is 2.85. The van der Waals surface area contributed by atoms with E-state index < -0.39 is 0 Å². The first-order valence-electron chi connectivity index (χ1n) is 7.61. The van der Waals surface area contributed by atoms with Gasteiger partial charge in [0.2, 0.25) is 0 Å². The summed E-state index contributed by atoms with van der Waals surface area (Å²) in [5, 5.41) is 3.39. The van der Waals surface area contributed by atoms with E-state index in [1.54, 1.807) is 0 Å². The van der Waals surface area contributed by atoms with Crippen LogP contribution in [0.2, 0.25) is 0 Å². The van der Waals surface area contributed by atoms with Crippen molar-refractivity contribution in [3.63, 3.8) is 0 Å². The molecule has 0 amide bonds. The van der Waals surface area contributed by atoms with E-state index in [1.165, 1.54) is 30.5 Å². The summed E-state index contributed by atoms with van der Waals surface area (Å²) in [6.07, 6.45) is 6.74. The van der Waals surface area contributed by atoms with Gasteiger partial charge in [0, 0.05) is 36.6 Å². The van der Waals surface area contributed by atoms with Gasteiger partial charge >= 0.3 is 0 Å². The van der Waals surface area contributed by atoms with E-state index in [0.717, 1.165) is 31.9 Å². The molecule has 0 radical (unpaired) electrons. The number of nitrogens with zero attached hydrogens (tertiary/aromatic N) is 3. The Morgan fingerprint density at radius 2 is 2.30 bits per heavy atom. The molecule has 5 heteroatoms. The Kier molecular flexibility index (Phi) is 4.29. The smallest absolute Gasteiger partial charge is 0.158 e. The molecule has 0 bridgehead atoms. The fourth-order valence-electron chi connectivity index (χ4n) is 3.12. The molecule has 2 atom stereocenters. The molecule has 1 aliphatic carbocycles. The van der Waals surface area contributed by atoms with Crippen LogP contribution in [-0.2, 0) is 11.2 Å². The highest BCUT2D eigenvalue weighted by atomic mass is 16.5. The SMILES string of the molecule is CNC1CCCCc2nc(C3CN(C)CCO3)ncc21. The molecule has 1 saturated heterocycles. The number of ether oxygens (including phenoxy) is 1. The van der Waals surface area contributed by atoms with Crippen molar-refractivity contribution in [2.24, 2.45) is 0 Å². The number of rotatable bonds is 2. The van der Waals surface area contributed by atoms with Gasteiger partial charge in [0.25, 0.3) is 0 Å². The van der Waals surface area contributed by atoms with Crippen molar-refractivity contribution in [1.29, 1.82) is 0 Å². The number of aromatic nitrogens is 2. The molecule has 0 spiro atoms. The molecule has 0 aromatic carbocycles. The second-order valence-corrected chi connectivity index (χ2v) is 5.84. The number of nitrogens with one attached hydrogen (secondary N) is 1. The maximum atomic E-state index is 5.83. The summed E-state index contributed by atoms with van der Waals surface area (Å²) >= 11 is 0. The molecule has 2 aliphatic rings. The quantitative estimate of drug-likeness (QED) is 0.829. The second-order valence-electron chi connectivity index (χ2n) is 5.84. The first-order valence-corrected chi connectivity index (χ1v) is 7.61. The van der Waals surface area contributed by atoms with Crippen LogP contribution in [0.3, 0.4) is 0 Å². The Morgan fingerprint density at radius 3 is 3.10 bits per heavy atom. The fraction of sp³-hybridized carbons (Fsp3) is 0.733. The van der Waals surface area contributed by atoms with Gasteiger partial charge in [-0.2, -0.15) is 0 Å². The molecular formula is C15H24N4O. The molecule has 110 valence electrons. The first kappa shape index (κ1) is 13.9. The zero-order valence-electron chi connectivity index (χ0n) is 12.4. The zero-order valence-corrected chi connectivity index (χ0v) is 12.4. The van der Waals surface area contributed by atoms with E-state index >= 15 is 0 Å². The van der Waals surface area contributed by atoms with E-state index in [4.69, 9.17) is 9.72 Å². The van der Waals surface area contributed by atoms with Crippen LogP contribution in [0.1, 0.15) is 48.5 Å². The summed E-state index contributed by atoms with van der Waals surface area (Å²) in [4.78, 5) is 11.7. The number of likely N-dealkylation sites (N-methyl/N-ethyl adjacent to an activating group) is 1. The molecule has 5 nitrogen and oxygen atoms in total. The minimum Gasteiger partial charge on any atom is -0.368 e. The van der Waals surface area contributed by atoms with E-state index in [1.807, 2.05) is 13.2 Å². The Labute approximate surface area is 120 Å². The normalized spacial score (nSPS) is 27.9. The van der Waals surface area contributed by atoms with Crippen LogP contribution < -0.4 is 5.32 Å². The lowest BCUT2D eigenvalue weighted by atomic mass is 10.1. The van der Waals surface area contributed by atoms with E-state index in [0.29, 0.717) is 6.04 Å². The van der Waals surface area contributed by atoms with Gasteiger partial charge in [0.1, 0.15) is 6.10 Å². The summed E-state index contributed by atoms with van der Waals surface area (Å²) in [6, 6.07) is 0.400. The summed E-state index contributed by atoms with van der Waals surface area (Å²) in [7, 11) is 4.14. The van der Waals surface area contributed by atoms with Crippen molar-refractivity contribution in [3.8, 4) is 0 Å². The lowest BCUT2D eigenvalue weighted by Crippen LogP contribution is -2.36. The van der Waals surface area contributed by atoms with Gasteiger partial charge in [0.05, 0.1) is 6.61 Å². The van der Waals surface area contributed by atoms with Crippen LogP contribution >= 0.6 is 0 Å². The van der Waals surface area contributed by atoms with Crippen molar-refractivity contribution in [2.45, 2.75) is 37.8 Å². The summed E-state index contributed by atoms with van der Waals surface area (Å²) in [5.74, 6) is 0.854. The topological polar surface area (TPSA) is 50.3 Å². The molecule has 3 rings (SSSR count). The number of aryl methyl sites for hydroxylation is 1. The third-order valence-electron chi connectivity index (χ3n) is 4.36. The molecule has 0 saturated carbocycles.